The Balaban J connectivity index is 2.35. The van der Waals surface area contributed by atoms with E-state index in [9.17, 15) is 0 Å². The molecule has 0 N–H and O–H groups in total. The molecule has 2 aromatic heterocycles. The highest BCUT2D eigenvalue weighted by Gasteiger charge is 2.08. The van der Waals surface area contributed by atoms with Crippen LogP contribution in [-0.2, 0) is 0 Å². The number of nitrogens with zero attached hydrogens (tertiary/aromatic N) is 3. The Hall–Kier alpha value is -1.93. The van der Waals surface area contributed by atoms with Crippen molar-refractivity contribution in [1.29, 1.82) is 5.26 Å². The summed E-state index contributed by atoms with van der Waals surface area (Å²) in [5.41, 5.74) is 1.27. The van der Waals surface area contributed by atoms with Crippen LogP contribution in [0.25, 0.3) is 0 Å². The zero-order valence-corrected chi connectivity index (χ0v) is 10.6. The largest absolute Gasteiger partial charge is 0.435 e. The van der Waals surface area contributed by atoms with Gasteiger partial charge in [-0.1, -0.05) is 0 Å². The molecule has 0 atom stereocenters. The predicted octanol–water partition coefficient (Wildman–Crippen LogP) is 3.21. The number of ether oxygens (including phenoxy) is 1. The molecule has 0 aromatic carbocycles. The molecule has 0 saturated heterocycles. The average molecular weight is 290 g/mol. The van der Waals surface area contributed by atoms with Crippen LogP contribution in [0.2, 0.25) is 0 Å². The molecule has 2 rings (SSSR count). The number of hydrogen-bond acceptors (Lipinski definition) is 4. The summed E-state index contributed by atoms with van der Waals surface area (Å²) in [6.07, 6.45) is 1.58. The number of aryl methyl sites for hydroxylation is 1. The molecule has 84 valence electrons. The second-order valence-corrected chi connectivity index (χ2v) is 4.06. The molecule has 0 spiro atoms. The Morgan fingerprint density at radius 3 is 2.88 bits per heavy atom. The third kappa shape index (κ3) is 2.60. The summed E-state index contributed by atoms with van der Waals surface area (Å²) >= 11 is 3.30. The lowest BCUT2D eigenvalue weighted by Gasteiger charge is -2.07. The van der Waals surface area contributed by atoms with Crippen LogP contribution in [-0.4, -0.2) is 9.97 Å². The molecular weight excluding hydrogens is 282 g/mol. The molecule has 0 radical (unpaired) electrons. The molecule has 17 heavy (non-hydrogen) atoms. The molecule has 0 amide bonds. The van der Waals surface area contributed by atoms with Gasteiger partial charge in [0.2, 0.25) is 5.88 Å². The van der Waals surface area contributed by atoms with E-state index in [4.69, 9.17) is 10.00 Å². The average Bonchev–Trinajstić information content (AvgIpc) is 2.33. The van der Waals surface area contributed by atoms with Crippen LogP contribution in [0.1, 0.15) is 11.3 Å². The number of hydrogen-bond donors (Lipinski definition) is 0. The second kappa shape index (κ2) is 4.93. The molecule has 2 heterocycles. The molecule has 0 bridgehead atoms. The third-order valence-electron chi connectivity index (χ3n) is 2.05. The van der Waals surface area contributed by atoms with Crippen LogP contribution < -0.4 is 4.74 Å². The predicted molar refractivity (Wildman–Crippen MR) is 65.7 cm³/mol. The van der Waals surface area contributed by atoms with Gasteiger partial charge < -0.3 is 4.74 Å². The van der Waals surface area contributed by atoms with E-state index in [2.05, 4.69) is 25.9 Å². The molecule has 0 aliphatic carbocycles. The Morgan fingerprint density at radius 1 is 1.35 bits per heavy atom. The summed E-state index contributed by atoms with van der Waals surface area (Å²) in [5.74, 6) is 0.812. The lowest BCUT2D eigenvalue weighted by Crippen LogP contribution is -1.93. The minimum absolute atomic E-state index is 0.279. The minimum Gasteiger partial charge on any atom is -0.435 e. The van der Waals surface area contributed by atoms with E-state index in [0.29, 0.717) is 15.9 Å². The third-order valence-corrected chi connectivity index (χ3v) is 2.62. The molecule has 0 aliphatic rings. The monoisotopic (exact) mass is 289 g/mol. The minimum atomic E-state index is 0.279. The van der Waals surface area contributed by atoms with Gasteiger partial charge in [0, 0.05) is 11.9 Å². The summed E-state index contributed by atoms with van der Waals surface area (Å²) in [6.45, 7) is 1.88. The summed E-state index contributed by atoms with van der Waals surface area (Å²) in [4.78, 5) is 8.22. The van der Waals surface area contributed by atoms with Crippen LogP contribution in [0.5, 0.6) is 11.6 Å². The summed E-state index contributed by atoms with van der Waals surface area (Å²) < 4.78 is 6.13. The van der Waals surface area contributed by atoms with Crippen molar-refractivity contribution in [2.75, 3.05) is 0 Å². The number of aromatic nitrogens is 2. The zero-order valence-electron chi connectivity index (χ0n) is 9.01. The van der Waals surface area contributed by atoms with Gasteiger partial charge in [-0.05, 0) is 47.1 Å². The molecule has 5 heteroatoms. The fourth-order valence-electron chi connectivity index (χ4n) is 1.25. The summed E-state index contributed by atoms with van der Waals surface area (Å²) in [7, 11) is 0. The fraction of sp³-hybridized carbons (Fsp3) is 0.0833. The highest BCUT2D eigenvalue weighted by atomic mass is 79.9. The van der Waals surface area contributed by atoms with E-state index in [1.165, 1.54) is 0 Å². The highest BCUT2D eigenvalue weighted by molar-refractivity contribution is 9.10. The van der Waals surface area contributed by atoms with E-state index in [0.717, 1.165) is 5.69 Å². The Bertz CT molecular complexity index is 593. The fourth-order valence-corrected chi connectivity index (χ4v) is 1.74. The first kappa shape index (κ1) is 11.6. The van der Waals surface area contributed by atoms with Crippen molar-refractivity contribution < 1.29 is 4.74 Å². The first-order valence-corrected chi connectivity index (χ1v) is 5.66. The summed E-state index contributed by atoms with van der Waals surface area (Å²) in [5, 5.41) is 8.91. The van der Waals surface area contributed by atoms with Gasteiger partial charge in [-0.3, -0.25) is 0 Å². The Labute approximate surface area is 107 Å². The normalized spacial score (nSPS) is 9.71. The van der Waals surface area contributed by atoms with E-state index >= 15 is 0 Å². The molecule has 4 nitrogen and oxygen atoms in total. The molecular formula is C12H8BrN3O. The van der Waals surface area contributed by atoms with E-state index < -0.39 is 0 Å². The lowest BCUT2D eigenvalue weighted by molar-refractivity contribution is 0.455. The topological polar surface area (TPSA) is 58.8 Å². The second-order valence-electron chi connectivity index (χ2n) is 3.31. The van der Waals surface area contributed by atoms with Crippen LogP contribution >= 0.6 is 15.9 Å². The number of rotatable bonds is 2. The van der Waals surface area contributed by atoms with Crippen LogP contribution in [0.3, 0.4) is 0 Å². The van der Waals surface area contributed by atoms with Gasteiger partial charge in [0.15, 0.2) is 5.75 Å². The van der Waals surface area contributed by atoms with Crippen molar-refractivity contribution in [1.82, 2.24) is 9.97 Å². The van der Waals surface area contributed by atoms with E-state index in [1.54, 1.807) is 24.4 Å². The van der Waals surface area contributed by atoms with Crippen LogP contribution in [0, 0.1) is 18.3 Å². The maximum Gasteiger partial charge on any atom is 0.237 e. The zero-order chi connectivity index (χ0) is 12.3. The van der Waals surface area contributed by atoms with Crippen LogP contribution in [0.15, 0.2) is 35.1 Å². The van der Waals surface area contributed by atoms with Gasteiger partial charge in [-0.25, -0.2) is 9.97 Å². The molecule has 0 fully saturated rings. The van der Waals surface area contributed by atoms with Gasteiger partial charge in [0.05, 0.1) is 0 Å². The quantitative estimate of drug-likeness (QED) is 0.797. The van der Waals surface area contributed by atoms with Crippen molar-refractivity contribution in [2.24, 2.45) is 0 Å². The maximum atomic E-state index is 8.91. The van der Waals surface area contributed by atoms with Gasteiger partial charge in [0.1, 0.15) is 16.2 Å². The van der Waals surface area contributed by atoms with Crippen molar-refractivity contribution in [3.05, 3.63) is 46.3 Å². The first-order valence-electron chi connectivity index (χ1n) is 4.87. The number of nitriles is 1. The van der Waals surface area contributed by atoms with E-state index in [1.807, 2.05) is 19.1 Å². The number of pyridine rings is 2. The molecule has 2 aromatic rings. The van der Waals surface area contributed by atoms with Gasteiger partial charge in [-0.2, -0.15) is 5.26 Å². The molecule has 0 aliphatic heterocycles. The van der Waals surface area contributed by atoms with E-state index in [-0.39, 0.29) is 5.88 Å². The summed E-state index contributed by atoms with van der Waals surface area (Å²) in [6, 6.07) is 8.97. The number of halogens is 1. The standard InChI is InChI=1S/C12H8BrN3O/c1-8-4-5-10(11(13)16-8)17-12-9(7-14)3-2-6-15-12/h2-6H,1H3. The lowest BCUT2D eigenvalue weighted by atomic mass is 10.3. The molecule has 0 saturated carbocycles. The molecule has 0 unspecified atom stereocenters. The first-order chi connectivity index (χ1) is 8.20. The van der Waals surface area contributed by atoms with Crippen molar-refractivity contribution in [2.45, 2.75) is 6.92 Å². The van der Waals surface area contributed by atoms with Gasteiger partial charge in [0.25, 0.3) is 0 Å². The van der Waals surface area contributed by atoms with Crippen LogP contribution in [0.4, 0.5) is 0 Å². The van der Waals surface area contributed by atoms with Crippen molar-refractivity contribution >= 4 is 15.9 Å². The van der Waals surface area contributed by atoms with Gasteiger partial charge in [-0.15, -0.1) is 0 Å². The highest BCUT2D eigenvalue weighted by Crippen LogP contribution is 2.28. The smallest absolute Gasteiger partial charge is 0.237 e. The Kier molecular flexibility index (Phi) is 3.35. The van der Waals surface area contributed by atoms with Crippen molar-refractivity contribution in [3.8, 4) is 17.7 Å². The maximum absolute atomic E-state index is 8.91. The van der Waals surface area contributed by atoms with Crippen molar-refractivity contribution in [3.63, 3.8) is 0 Å². The Morgan fingerprint density at radius 2 is 2.18 bits per heavy atom. The SMILES string of the molecule is Cc1ccc(Oc2ncccc2C#N)c(Br)n1. The van der Waals surface area contributed by atoms with Gasteiger partial charge >= 0.3 is 0 Å².